The summed E-state index contributed by atoms with van der Waals surface area (Å²) in [6.07, 6.45) is 0. The molecule has 0 atom stereocenters. The molecule has 0 aliphatic rings. The van der Waals surface area contributed by atoms with E-state index in [-0.39, 0.29) is 0 Å². The zero-order valence-electron chi connectivity index (χ0n) is 17.0. The van der Waals surface area contributed by atoms with Gasteiger partial charge in [0.15, 0.2) is 0 Å². The van der Waals surface area contributed by atoms with E-state index in [1.54, 1.807) is 7.11 Å². The van der Waals surface area contributed by atoms with E-state index in [1.165, 1.54) is 0 Å². The Morgan fingerprint density at radius 2 is 1.60 bits per heavy atom. The predicted molar refractivity (Wildman–Crippen MR) is 118 cm³/mol. The molecule has 6 heteroatoms. The van der Waals surface area contributed by atoms with E-state index in [4.69, 9.17) is 14.2 Å². The molecular weight excluding hydrogens is 378 g/mol. The summed E-state index contributed by atoms with van der Waals surface area (Å²) >= 11 is 0. The van der Waals surface area contributed by atoms with Crippen LogP contribution >= 0.6 is 0 Å². The number of fused-ring (bicyclic) bond motifs is 1. The number of anilines is 2. The quantitative estimate of drug-likeness (QED) is 0.393. The Hall–Kier alpha value is -3.64. The number of methoxy groups -OCH3 is 1. The fraction of sp³-hybridized carbons (Fsp3) is 0.167. The first-order valence-electron chi connectivity index (χ1n) is 9.72. The number of aryl methyl sites for hydroxylation is 1. The minimum absolute atomic E-state index is 0.313. The maximum Gasteiger partial charge on any atom is 0.319 e. The molecule has 1 aromatic heterocycles. The molecular formula is C24H23N3O3. The average molecular weight is 401 g/mol. The smallest absolute Gasteiger partial charge is 0.319 e. The van der Waals surface area contributed by atoms with Crippen LogP contribution < -0.4 is 14.8 Å². The standard InChI is InChI=1S/C24H23N3O3/c1-17-7-3-6-10-22(17)30-19-13-11-18(12-14-19)25-23-20-8-4-5-9-21(20)26-24(27-23)29-16-15-28-2/h3-14H,15-16H2,1-2H3,(H,25,26,27). The number of aromatic nitrogens is 2. The molecule has 1 N–H and O–H groups in total. The van der Waals surface area contributed by atoms with Gasteiger partial charge in [-0.15, -0.1) is 0 Å². The summed E-state index contributed by atoms with van der Waals surface area (Å²) < 4.78 is 16.6. The Labute approximate surface area is 175 Å². The van der Waals surface area contributed by atoms with Gasteiger partial charge < -0.3 is 19.5 Å². The van der Waals surface area contributed by atoms with E-state index in [2.05, 4.69) is 15.3 Å². The lowest BCUT2D eigenvalue weighted by atomic mass is 10.2. The van der Waals surface area contributed by atoms with Crippen molar-refractivity contribution in [1.29, 1.82) is 0 Å². The second kappa shape index (κ2) is 9.24. The predicted octanol–water partition coefficient (Wildman–Crippen LogP) is 5.50. The largest absolute Gasteiger partial charge is 0.461 e. The summed E-state index contributed by atoms with van der Waals surface area (Å²) in [7, 11) is 1.63. The normalized spacial score (nSPS) is 10.7. The molecule has 0 aliphatic carbocycles. The summed E-state index contributed by atoms with van der Waals surface area (Å²) in [5.41, 5.74) is 2.79. The summed E-state index contributed by atoms with van der Waals surface area (Å²) in [4.78, 5) is 9.01. The van der Waals surface area contributed by atoms with Gasteiger partial charge in [0.2, 0.25) is 0 Å². The molecule has 0 unspecified atom stereocenters. The van der Waals surface area contributed by atoms with E-state index >= 15 is 0 Å². The summed E-state index contributed by atoms with van der Waals surface area (Å²) in [5, 5.41) is 4.28. The molecule has 0 spiro atoms. The van der Waals surface area contributed by atoms with Crippen molar-refractivity contribution in [1.82, 2.24) is 9.97 Å². The number of nitrogens with one attached hydrogen (secondary N) is 1. The fourth-order valence-electron chi connectivity index (χ4n) is 2.97. The highest BCUT2D eigenvalue weighted by Crippen LogP contribution is 2.29. The van der Waals surface area contributed by atoms with Crippen molar-refractivity contribution < 1.29 is 14.2 Å². The van der Waals surface area contributed by atoms with Gasteiger partial charge in [0.25, 0.3) is 0 Å². The number of hydrogen-bond donors (Lipinski definition) is 1. The Morgan fingerprint density at radius 3 is 2.40 bits per heavy atom. The molecule has 4 rings (SSSR count). The van der Waals surface area contributed by atoms with Crippen LogP contribution in [-0.4, -0.2) is 30.3 Å². The molecule has 0 amide bonds. The molecule has 0 fully saturated rings. The molecule has 4 aromatic rings. The number of ether oxygens (including phenoxy) is 3. The Morgan fingerprint density at radius 1 is 0.833 bits per heavy atom. The lowest BCUT2D eigenvalue weighted by Gasteiger charge is -2.12. The highest BCUT2D eigenvalue weighted by Gasteiger charge is 2.09. The van der Waals surface area contributed by atoms with E-state index in [0.717, 1.165) is 33.7 Å². The number of nitrogens with zero attached hydrogens (tertiary/aromatic N) is 2. The number of rotatable bonds is 8. The number of benzene rings is 3. The van der Waals surface area contributed by atoms with Gasteiger partial charge >= 0.3 is 6.01 Å². The minimum atomic E-state index is 0.313. The van der Waals surface area contributed by atoms with Crippen molar-refractivity contribution in [3.63, 3.8) is 0 Å². The van der Waals surface area contributed by atoms with Crippen LogP contribution in [0.4, 0.5) is 11.5 Å². The van der Waals surface area contributed by atoms with Gasteiger partial charge in [-0.05, 0) is 55.0 Å². The number of para-hydroxylation sites is 2. The maximum atomic E-state index is 5.97. The van der Waals surface area contributed by atoms with Crippen LogP contribution in [0, 0.1) is 6.92 Å². The lowest BCUT2D eigenvalue weighted by molar-refractivity contribution is 0.141. The first-order chi connectivity index (χ1) is 14.7. The Kier molecular flexibility index (Phi) is 6.06. The van der Waals surface area contributed by atoms with E-state index < -0.39 is 0 Å². The second-order valence-corrected chi connectivity index (χ2v) is 6.73. The van der Waals surface area contributed by atoms with Gasteiger partial charge in [0, 0.05) is 18.2 Å². The molecule has 3 aromatic carbocycles. The van der Waals surface area contributed by atoms with E-state index in [0.29, 0.717) is 25.0 Å². The molecule has 0 aliphatic heterocycles. The van der Waals surface area contributed by atoms with Crippen molar-refractivity contribution in [3.8, 4) is 17.5 Å². The fourth-order valence-corrected chi connectivity index (χ4v) is 2.97. The third-order valence-corrected chi connectivity index (χ3v) is 4.54. The van der Waals surface area contributed by atoms with Gasteiger partial charge in [-0.3, -0.25) is 0 Å². The Balaban J connectivity index is 1.55. The van der Waals surface area contributed by atoms with Crippen LogP contribution in [0.15, 0.2) is 72.8 Å². The SMILES string of the molecule is COCCOc1nc(Nc2ccc(Oc3ccccc3C)cc2)c2ccccc2n1. The van der Waals surface area contributed by atoms with Gasteiger partial charge in [0.1, 0.15) is 23.9 Å². The zero-order valence-corrected chi connectivity index (χ0v) is 17.0. The Bertz CT molecular complexity index is 1130. The number of hydrogen-bond acceptors (Lipinski definition) is 6. The zero-order chi connectivity index (χ0) is 20.8. The third-order valence-electron chi connectivity index (χ3n) is 4.54. The first-order valence-corrected chi connectivity index (χ1v) is 9.72. The van der Waals surface area contributed by atoms with Crippen molar-refractivity contribution in [3.05, 3.63) is 78.4 Å². The van der Waals surface area contributed by atoms with E-state index in [1.807, 2.05) is 79.7 Å². The van der Waals surface area contributed by atoms with E-state index in [9.17, 15) is 0 Å². The van der Waals surface area contributed by atoms with Crippen LogP contribution in [0.25, 0.3) is 10.9 Å². The molecule has 0 saturated carbocycles. The van der Waals surface area contributed by atoms with Gasteiger partial charge in [0.05, 0.1) is 12.1 Å². The first kappa shape index (κ1) is 19.7. The summed E-state index contributed by atoms with van der Waals surface area (Å²) in [5.74, 6) is 2.30. The molecule has 30 heavy (non-hydrogen) atoms. The van der Waals surface area contributed by atoms with Crippen molar-refractivity contribution in [2.45, 2.75) is 6.92 Å². The minimum Gasteiger partial charge on any atom is -0.461 e. The van der Waals surface area contributed by atoms with Crippen LogP contribution in [-0.2, 0) is 4.74 Å². The molecule has 0 bridgehead atoms. The monoisotopic (exact) mass is 401 g/mol. The lowest BCUT2D eigenvalue weighted by Crippen LogP contribution is -2.08. The molecule has 152 valence electrons. The van der Waals surface area contributed by atoms with Gasteiger partial charge in [-0.1, -0.05) is 30.3 Å². The average Bonchev–Trinajstić information content (AvgIpc) is 2.77. The highest BCUT2D eigenvalue weighted by molar-refractivity contribution is 5.91. The summed E-state index contributed by atoms with van der Waals surface area (Å²) in [6, 6.07) is 23.8. The topological polar surface area (TPSA) is 65.5 Å². The molecule has 0 saturated heterocycles. The highest BCUT2D eigenvalue weighted by atomic mass is 16.5. The molecule has 1 heterocycles. The van der Waals surface area contributed by atoms with Crippen LogP contribution in [0.5, 0.6) is 17.5 Å². The second-order valence-electron chi connectivity index (χ2n) is 6.73. The maximum absolute atomic E-state index is 5.97. The summed E-state index contributed by atoms with van der Waals surface area (Å²) in [6.45, 7) is 2.89. The van der Waals surface area contributed by atoms with Crippen LogP contribution in [0.2, 0.25) is 0 Å². The van der Waals surface area contributed by atoms with Crippen molar-refractivity contribution >= 4 is 22.4 Å². The third kappa shape index (κ3) is 4.67. The molecule has 0 radical (unpaired) electrons. The van der Waals surface area contributed by atoms with Crippen LogP contribution in [0.3, 0.4) is 0 Å². The van der Waals surface area contributed by atoms with Crippen LogP contribution in [0.1, 0.15) is 5.56 Å². The molecule has 6 nitrogen and oxygen atoms in total. The van der Waals surface area contributed by atoms with Crippen molar-refractivity contribution in [2.24, 2.45) is 0 Å². The van der Waals surface area contributed by atoms with Crippen molar-refractivity contribution in [2.75, 3.05) is 25.6 Å². The van der Waals surface area contributed by atoms with Gasteiger partial charge in [-0.25, -0.2) is 0 Å². The van der Waals surface area contributed by atoms with Gasteiger partial charge in [-0.2, -0.15) is 9.97 Å².